The maximum absolute atomic E-state index is 13.0. The summed E-state index contributed by atoms with van der Waals surface area (Å²) in [6.07, 6.45) is 0. The lowest BCUT2D eigenvalue weighted by molar-refractivity contribution is 0.318. The summed E-state index contributed by atoms with van der Waals surface area (Å²) in [5, 5.41) is 11.8. The van der Waals surface area contributed by atoms with Crippen LogP contribution in [0.4, 0.5) is 4.39 Å². The molecule has 0 spiro atoms. The highest BCUT2D eigenvalue weighted by Crippen LogP contribution is 2.27. The van der Waals surface area contributed by atoms with Crippen LogP contribution in [0.5, 0.6) is 0 Å². The largest absolute Gasteiger partial charge is 0.409 e. The van der Waals surface area contributed by atoms with Gasteiger partial charge in [0.25, 0.3) is 0 Å². The molecule has 0 aliphatic carbocycles. The molecular formula is C10H13FN2OS. The smallest absolute Gasteiger partial charge is 0.171 e. The van der Waals surface area contributed by atoms with E-state index in [2.05, 4.69) is 5.16 Å². The van der Waals surface area contributed by atoms with Crippen LogP contribution < -0.4 is 5.73 Å². The summed E-state index contributed by atoms with van der Waals surface area (Å²) >= 11 is 1.54. The summed E-state index contributed by atoms with van der Waals surface area (Å²) in [4.78, 5) is 0.807. The lowest BCUT2D eigenvalue weighted by atomic mass is 10.2. The first-order valence-corrected chi connectivity index (χ1v) is 5.36. The lowest BCUT2D eigenvalue weighted by Gasteiger charge is -2.09. The number of rotatable bonds is 3. The standard InChI is InChI=1S/C10H13FN2OS/c1-6(2)15-9-4-3-7(11)5-8(9)10(12)13-14/h3-6,14H,1-2H3,(H2,12,13). The van der Waals surface area contributed by atoms with Crippen molar-refractivity contribution in [3.63, 3.8) is 0 Å². The number of hydrogen-bond donors (Lipinski definition) is 2. The van der Waals surface area contributed by atoms with Gasteiger partial charge >= 0.3 is 0 Å². The Hall–Kier alpha value is -1.23. The molecule has 0 aliphatic heterocycles. The van der Waals surface area contributed by atoms with E-state index in [-0.39, 0.29) is 5.84 Å². The molecule has 0 aliphatic rings. The van der Waals surface area contributed by atoms with Crippen molar-refractivity contribution in [2.75, 3.05) is 0 Å². The Morgan fingerprint density at radius 3 is 2.73 bits per heavy atom. The number of amidine groups is 1. The summed E-state index contributed by atoms with van der Waals surface area (Å²) in [5.74, 6) is -0.470. The molecule has 5 heteroatoms. The van der Waals surface area contributed by atoms with Gasteiger partial charge in [-0.1, -0.05) is 19.0 Å². The molecule has 1 aromatic carbocycles. The van der Waals surface area contributed by atoms with Crippen molar-refractivity contribution in [1.82, 2.24) is 0 Å². The fourth-order valence-corrected chi connectivity index (χ4v) is 2.06. The molecule has 0 saturated heterocycles. The van der Waals surface area contributed by atoms with Gasteiger partial charge in [0.15, 0.2) is 5.84 Å². The Kier molecular flexibility index (Phi) is 3.96. The average molecular weight is 228 g/mol. The second-order valence-electron chi connectivity index (χ2n) is 3.29. The van der Waals surface area contributed by atoms with E-state index >= 15 is 0 Å². The van der Waals surface area contributed by atoms with Gasteiger partial charge in [-0.05, 0) is 18.2 Å². The maximum atomic E-state index is 13.0. The van der Waals surface area contributed by atoms with Crippen LogP contribution in [-0.4, -0.2) is 16.3 Å². The number of thioether (sulfide) groups is 1. The summed E-state index contributed by atoms with van der Waals surface area (Å²) in [6, 6.07) is 4.26. The van der Waals surface area contributed by atoms with Crippen LogP contribution in [0.25, 0.3) is 0 Å². The van der Waals surface area contributed by atoms with E-state index in [1.54, 1.807) is 6.07 Å². The van der Waals surface area contributed by atoms with Crippen molar-refractivity contribution in [2.45, 2.75) is 24.0 Å². The van der Waals surface area contributed by atoms with Crippen LogP contribution in [0.3, 0.4) is 0 Å². The van der Waals surface area contributed by atoms with E-state index < -0.39 is 5.82 Å². The second kappa shape index (κ2) is 5.02. The zero-order valence-electron chi connectivity index (χ0n) is 8.57. The molecule has 0 unspecified atom stereocenters. The fraction of sp³-hybridized carbons (Fsp3) is 0.300. The number of benzene rings is 1. The molecule has 0 saturated carbocycles. The Morgan fingerprint density at radius 2 is 2.20 bits per heavy atom. The Bertz CT molecular complexity index is 380. The van der Waals surface area contributed by atoms with E-state index in [1.807, 2.05) is 13.8 Å². The number of hydrogen-bond acceptors (Lipinski definition) is 3. The lowest BCUT2D eigenvalue weighted by Crippen LogP contribution is -2.14. The highest BCUT2D eigenvalue weighted by molar-refractivity contribution is 8.00. The summed E-state index contributed by atoms with van der Waals surface area (Å²) in [7, 11) is 0. The Morgan fingerprint density at radius 1 is 1.53 bits per heavy atom. The molecule has 0 heterocycles. The molecule has 1 aromatic rings. The van der Waals surface area contributed by atoms with Gasteiger partial charge in [-0.2, -0.15) is 0 Å². The van der Waals surface area contributed by atoms with Gasteiger partial charge in [0.2, 0.25) is 0 Å². The molecule has 0 atom stereocenters. The third-order valence-electron chi connectivity index (χ3n) is 1.69. The molecule has 0 bridgehead atoms. The van der Waals surface area contributed by atoms with Gasteiger partial charge in [-0.15, -0.1) is 11.8 Å². The Balaban J connectivity index is 3.14. The molecule has 1 rings (SSSR count). The van der Waals surface area contributed by atoms with E-state index in [0.717, 1.165) is 4.90 Å². The normalized spacial score (nSPS) is 12.1. The van der Waals surface area contributed by atoms with Crippen LogP contribution in [0.1, 0.15) is 19.4 Å². The van der Waals surface area contributed by atoms with Crippen LogP contribution >= 0.6 is 11.8 Å². The highest BCUT2D eigenvalue weighted by Gasteiger charge is 2.10. The van der Waals surface area contributed by atoms with Crippen molar-refractivity contribution in [2.24, 2.45) is 10.9 Å². The zero-order valence-corrected chi connectivity index (χ0v) is 9.38. The van der Waals surface area contributed by atoms with Crippen LogP contribution in [0.2, 0.25) is 0 Å². The van der Waals surface area contributed by atoms with Gasteiger partial charge in [0.1, 0.15) is 5.82 Å². The number of nitrogens with two attached hydrogens (primary N) is 1. The molecule has 0 radical (unpaired) electrons. The topological polar surface area (TPSA) is 58.6 Å². The number of oxime groups is 1. The summed E-state index contributed by atoms with van der Waals surface area (Å²) < 4.78 is 13.0. The fourth-order valence-electron chi connectivity index (χ4n) is 1.11. The third-order valence-corrected chi connectivity index (χ3v) is 2.77. The first-order chi connectivity index (χ1) is 7.04. The van der Waals surface area contributed by atoms with Gasteiger partial charge in [-0.25, -0.2) is 4.39 Å². The minimum Gasteiger partial charge on any atom is -0.409 e. The molecule has 0 fully saturated rings. The van der Waals surface area contributed by atoms with Gasteiger partial charge in [-0.3, -0.25) is 0 Å². The van der Waals surface area contributed by atoms with Gasteiger partial charge < -0.3 is 10.9 Å². The van der Waals surface area contributed by atoms with Crippen molar-refractivity contribution in [1.29, 1.82) is 0 Å². The SMILES string of the molecule is CC(C)Sc1ccc(F)cc1C(N)=NO. The van der Waals surface area contributed by atoms with Crippen molar-refractivity contribution in [3.05, 3.63) is 29.6 Å². The molecular weight excluding hydrogens is 215 g/mol. The summed E-state index contributed by atoms with van der Waals surface area (Å²) in [5.41, 5.74) is 5.89. The van der Waals surface area contributed by atoms with Crippen molar-refractivity contribution < 1.29 is 9.60 Å². The van der Waals surface area contributed by atoms with Crippen molar-refractivity contribution in [3.8, 4) is 0 Å². The molecule has 0 aromatic heterocycles. The predicted molar refractivity (Wildman–Crippen MR) is 59.9 cm³/mol. The second-order valence-corrected chi connectivity index (χ2v) is 4.91. The highest BCUT2D eigenvalue weighted by atomic mass is 32.2. The van der Waals surface area contributed by atoms with E-state index in [1.165, 1.54) is 23.9 Å². The van der Waals surface area contributed by atoms with E-state index in [4.69, 9.17) is 10.9 Å². The Labute approximate surface area is 92.2 Å². The van der Waals surface area contributed by atoms with Crippen LogP contribution in [0, 0.1) is 5.82 Å². The minimum atomic E-state index is -0.398. The zero-order chi connectivity index (χ0) is 11.4. The first kappa shape index (κ1) is 11.8. The molecule has 3 nitrogen and oxygen atoms in total. The maximum Gasteiger partial charge on any atom is 0.171 e. The van der Waals surface area contributed by atoms with Crippen LogP contribution in [-0.2, 0) is 0 Å². The van der Waals surface area contributed by atoms with Gasteiger partial charge in [0.05, 0.1) is 0 Å². The van der Waals surface area contributed by atoms with Crippen LogP contribution in [0.15, 0.2) is 28.3 Å². The predicted octanol–water partition coefficient (Wildman–Crippen LogP) is 2.42. The molecule has 0 amide bonds. The molecule has 15 heavy (non-hydrogen) atoms. The van der Waals surface area contributed by atoms with E-state index in [0.29, 0.717) is 10.8 Å². The monoisotopic (exact) mass is 228 g/mol. The van der Waals surface area contributed by atoms with Gasteiger partial charge in [0, 0.05) is 15.7 Å². The molecule has 3 N–H and O–H groups in total. The van der Waals surface area contributed by atoms with Crippen molar-refractivity contribution >= 4 is 17.6 Å². The quantitative estimate of drug-likeness (QED) is 0.274. The van der Waals surface area contributed by atoms with E-state index in [9.17, 15) is 4.39 Å². The third kappa shape index (κ3) is 3.13. The first-order valence-electron chi connectivity index (χ1n) is 4.48. The minimum absolute atomic E-state index is 0.0716. The summed E-state index contributed by atoms with van der Waals surface area (Å²) in [6.45, 7) is 4.04. The number of halogens is 1. The average Bonchev–Trinajstić information content (AvgIpc) is 2.19. The molecule has 82 valence electrons. The number of nitrogens with zero attached hydrogens (tertiary/aromatic N) is 1.